The molecule has 0 N–H and O–H groups in total. The van der Waals surface area contributed by atoms with Crippen molar-refractivity contribution in [1.29, 1.82) is 0 Å². The molecule has 126 valence electrons. The van der Waals surface area contributed by atoms with Gasteiger partial charge in [-0.3, -0.25) is 4.90 Å². The van der Waals surface area contributed by atoms with Crippen molar-refractivity contribution < 1.29 is 0 Å². The molecule has 1 heteroatoms. The Labute approximate surface area is 154 Å². The molecule has 0 fully saturated rings. The number of hydrogen-bond acceptors (Lipinski definition) is 1. The Morgan fingerprint density at radius 2 is 1.00 bits per heavy atom. The molecular formula is C25H21N. The van der Waals surface area contributed by atoms with Crippen molar-refractivity contribution >= 4 is 21.5 Å². The summed E-state index contributed by atoms with van der Waals surface area (Å²) in [5.74, 6) is 0. The predicted molar refractivity (Wildman–Crippen MR) is 110 cm³/mol. The van der Waals surface area contributed by atoms with Crippen molar-refractivity contribution in [3.05, 3.63) is 108 Å². The molecule has 1 nitrogen and oxygen atoms in total. The molecule has 0 bridgehead atoms. The lowest BCUT2D eigenvalue weighted by atomic mass is 9.89. The molecule has 0 unspecified atom stereocenters. The van der Waals surface area contributed by atoms with E-state index >= 15 is 0 Å². The SMILES string of the molecule is C1=CCN(C(c2cccc3ccccc23)c2cccc3ccccc23)C1. The van der Waals surface area contributed by atoms with Gasteiger partial charge >= 0.3 is 0 Å². The first kappa shape index (κ1) is 15.4. The van der Waals surface area contributed by atoms with Gasteiger partial charge in [0, 0.05) is 13.1 Å². The van der Waals surface area contributed by atoms with E-state index in [1.54, 1.807) is 0 Å². The number of nitrogens with zero attached hydrogens (tertiary/aromatic N) is 1. The summed E-state index contributed by atoms with van der Waals surface area (Å²) in [6.07, 6.45) is 4.56. The van der Waals surface area contributed by atoms with E-state index in [-0.39, 0.29) is 6.04 Å². The largest absolute Gasteiger partial charge is 0.285 e. The zero-order valence-corrected chi connectivity index (χ0v) is 14.7. The minimum Gasteiger partial charge on any atom is -0.285 e. The molecule has 0 radical (unpaired) electrons. The van der Waals surface area contributed by atoms with Gasteiger partial charge in [0.1, 0.15) is 0 Å². The molecule has 0 saturated carbocycles. The second-order valence-corrected chi connectivity index (χ2v) is 6.96. The lowest BCUT2D eigenvalue weighted by Gasteiger charge is -2.30. The van der Waals surface area contributed by atoms with Gasteiger partial charge in [0.05, 0.1) is 6.04 Å². The van der Waals surface area contributed by atoms with Crippen molar-refractivity contribution in [2.24, 2.45) is 0 Å². The monoisotopic (exact) mass is 335 g/mol. The predicted octanol–water partition coefficient (Wildman–Crippen LogP) is 5.95. The summed E-state index contributed by atoms with van der Waals surface area (Å²) < 4.78 is 0. The van der Waals surface area contributed by atoms with E-state index in [0.29, 0.717) is 0 Å². The van der Waals surface area contributed by atoms with E-state index in [2.05, 4.69) is 102 Å². The molecule has 0 spiro atoms. The highest BCUT2D eigenvalue weighted by molar-refractivity contribution is 5.90. The molecule has 0 atom stereocenters. The normalized spacial score (nSPS) is 14.7. The average molecular weight is 335 g/mol. The van der Waals surface area contributed by atoms with Crippen LogP contribution in [0.4, 0.5) is 0 Å². The standard InChI is InChI=1S/C25H21N/c1-3-13-21-19(9-1)11-7-15-23(21)25(26-17-5-6-18-26)24-16-8-12-20-10-2-4-14-22(20)24/h1-16,25H,17-18H2. The quantitative estimate of drug-likeness (QED) is 0.418. The Kier molecular flexibility index (Phi) is 3.80. The number of fused-ring (bicyclic) bond motifs is 2. The fourth-order valence-electron chi connectivity index (χ4n) is 4.24. The van der Waals surface area contributed by atoms with E-state index in [0.717, 1.165) is 13.1 Å². The van der Waals surface area contributed by atoms with Crippen LogP contribution in [-0.2, 0) is 0 Å². The van der Waals surface area contributed by atoms with Crippen LogP contribution in [0.3, 0.4) is 0 Å². The molecular weight excluding hydrogens is 314 g/mol. The van der Waals surface area contributed by atoms with Gasteiger partial charge < -0.3 is 0 Å². The zero-order valence-electron chi connectivity index (χ0n) is 14.7. The fraction of sp³-hybridized carbons (Fsp3) is 0.120. The van der Waals surface area contributed by atoms with Gasteiger partial charge in [0.25, 0.3) is 0 Å². The Morgan fingerprint density at radius 1 is 0.538 bits per heavy atom. The van der Waals surface area contributed by atoms with Gasteiger partial charge in [-0.25, -0.2) is 0 Å². The van der Waals surface area contributed by atoms with Crippen LogP contribution in [0.15, 0.2) is 97.1 Å². The number of rotatable bonds is 3. The number of hydrogen-bond donors (Lipinski definition) is 0. The third-order valence-electron chi connectivity index (χ3n) is 5.45. The lowest BCUT2D eigenvalue weighted by Crippen LogP contribution is -2.27. The van der Waals surface area contributed by atoms with Crippen molar-refractivity contribution in [3.63, 3.8) is 0 Å². The highest BCUT2D eigenvalue weighted by atomic mass is 15.2. The van der Waals surface area contributed by atoms with Crippen molar-refractivity contribution in [1.82, 2.24) is 4.90 Å². The van der Waals surface area contributed by atoms with Crippen LogP contribution in [0, 0.1) is 0 Å². The van der Waals surface area contributed by atoms with Crippen LogP contribution < -0.4 is 0 Å². The van der Waals surface area contributed by atoms with Gasteiger partial charge in [-0.15, -0.1) is 0 Å². The molecule has 0 aromatic heterocycles. The van der Waals surface area contributed by atoms with E-state index in [4.69, 9.17) is 0 Å². The first-order valence-electron chi connectivity index (χ1n) is 9.26. The maximum Gasteiger partial charge on any atom is 0.0619 e. The molecule has 1 aliphatic heterocycles. The van der Waals surface area contributed by atoms with Gasteiger partial charge in [-0.05, 0) is 32.7 Å². The number of benzene rings is 4. The third-order valence-corrected chi connectivity index (χ3v) is 5.45. The van der Waals surface area contributed by atoms with E-state index in [9.17, 15) is 0 Å². The highest BCUT2D eigenvalue weighted by Gasteiger charge is 2.25. The van der Waals surface area contributed by atoms with E-state index < -0.39 is 0 Å². The van der Waals surface area contributed by atoms with E-state index in [1.165, 1.54) is 32.7 Å². The van der Waals surface area contributed by atoms with Crippen LogP contribution in [0.2, 0.25) is 0 Å². The summed E-state index contributed by atoms with van der Waals surface area (Å²) in [7, 11) is 0. The molecule has 0 aliphatic carbocycles. The Morgan fingerprint density at radius 3 is 1.54 bits per heavy atom. The summed E-state index contributed by atoms with van der Waals surface area (Å²) in [5, 5.41) is 5.31. The molecule has 5 rings (SSSR count). The van der Waals surface area contributed by atoms with Crippen molar-refractivity contribution in [2.75, 3.05) is 13.1 Å². The highest BCUT2D eigenvalue weighted by Crippen LogP contribution is 2.37. The van der Waals surface area contributed by atoms with Crippen molar-refractivity contribution in [3.8, 4) is 0 Å². The van der Waals surface area contributed by atoms with Crippen LogP contribution in [0.25, 0.3) is 21.5 Å². The van der Waals surface area contributed by atoms with Gasteiger partial charge in [-0.1, -0.05) is 97.1 Å². The summed E-state index contributed by atoms with van der Waals surface area (Å²) in [5.41, 5.74) is 2.78. The molecule has 0 saturated heterocycles. The molecule has 1 heterocycles. The Bertz CT molecular complexity index is 1010. The maximum absolute atomic E-state index is 2.56. The van der Waals surface area contributed by atoms with Crippen molar-refractivity contribution in [2.45, 2.75) is 6.04 Å². The minimum absolute atomic E-state index is 0.252. The molecule has 1 aliphatic rings. The smallest absolute Gasteiger partial charge is 0.0619 e. The Hall–Kier alpha value is -2.90. The summed E-state index contributed by atoms with van der Waals surface area (Å²) in [6.45, 7) is 1.99. The van der Waals surface area contributed by atoms with Gasteiger partial charge in [0.15, 0.2) is 0 Å². The molecule has 0 amide bonds. The van der Waals surface area contributed by atoms with Crippen LogP contribution >= 0.6 is 0 Å². The van der Waals surface area contributed by atoms with E-state index in [1.807, 2.05) is 0 Å². The molecule has 26 heavy (non-hydrogen) atoms. The molecule has 4 aromatic carbocycles. The topological polar surface area (TPSA) is 3.24 Å². The average Bonchev–Trinajstić information content (AvgIpc) is 3.23. The second kappa shape index (κ2) is 6.44. The summed E-state index contributed by atoms with van der Waals surface area (Å²) >= 11 is 0. The summed E-state index contributed by atoms with van der Waals surface area (Å²) in [4.78, 5) is 2.56. The first-order chi connectivity index (χ1) is 12.9. The maximum atomic E-state index is 2.56. The van der Waals surface area contributed by atoms with Crippen LogP contribution in [-0.4, -0.2) is 18.0 Å². The fourth-order valence-corrected chi connectivity index (χ4v) is 4.24. The van der Waals surface area contributed by atoms with Gasteiger partial charge in [-0.2, -0.15) is 0 Å². The second-order valence-electron chi connectivity index (χ2n) is 6.96. The third kappa shape index (κ3) is 2.53. The Balaban J connectivity index is 1.78. The minimum atomic E-state index is 0.252. The summed E-state index contributed by atoms with van der Waals surface area (Å²) in [6, 6.07) is 31.1. The molecule has 4 aromatic rings. The van der Waals surface area contributed by atoms with Crippen LogP contribution in [0.1, 0.15) is 17.2 Å². The lowest BCUT2D eigenvalue weighted by molar-refractivity contribution is 0.296. The zero-order chi connectivity index (χ0) is 17.3. The first-order valence-corrected chi connectivity index (χ1v) is 9.26. The van der Waals surface area contributed by atoms with Gasteiger partial charge in [0.2, 0.25) is 0 Å². The van der Waals surface area contributed by atoms with Crippen LogP contribution in [0.5, 0.6) is 0 Å².